The molecular weight excluding hydrogens is 328 g/mol. The zero-order valence-corrected chi connectivity index (χ0v) is 14.6. The van der Waals surface area contributed by atoms with E-state index in [1.165, 1.54) is 6.42 Å². The zero-order valence-electron chi connectivity index (χ0n) is 14.6. The van der Waals surface area contributed by atoms with Crippen molar-refractivity contribution in [1.82, 2.24) is 19.3 Å². The van der Waals surface area contributed by atoms with Gasteiger partial charge in [-0.3, -0.25) is 14.2 Å². The summed E-state index contributed by atoms with van der Waals surface area (Å²) in [5.41, 5.74) is 2.26. The van der Waals surface area contributed by atoms with Crippen molar-refractivity contribution < 1.29 is 9.53 Å². The molecule has 1 amide bonds. The average molecular weight is 348 g/mol. The fourth-order valence-corrected chi connectivity index (χ4v) is 4.67. The van der Waals surface area contributed by atoms with Gasteiger partial charge in [0.05, 0.1) is 18.8 Å². The van der Waals surface area contributed by atoms with Crippen molar-refractivity contribution in [2.24, 2.45) is 5.92 Å². The second kappa shape index (κ2) is 5.56. The smallest absolute Gasteiger partial charge is 0.273 e. The lowest BCUT2D eigenvalue weighted by atomic mass is 9.64. The molecule has 2 fully saturated rings. The van der Waals surface area contributed by atoms with E-state index in [1.54, 1.807) is 19.5 Å². The zero-order chi connectivity index (χ0) is 17.7. The van der Waals surface area contributed by atoms with E-state index in [4.69, 9.17) is 4.74 Å². The summed E-state index contributed by atoms with van der Waals surface area (Å²) >= 11 is 0. The number of aromatic nitrogens is 3. The molecule has 0 bridgehead atoms. The highest BCUT2D eigenvalue weighted by Gasteiger charge is 2.57. The molecule has 6 nitrogen and oxygen atoms in total. The molecule has 0 spiro atoms. The molecule has 5 rings (SSSR count). The number of likely N-dealkylation sites (tertiary alicyclic amines) is 1. The number of ether oxygens (including phenoxy) is 1. The Bertz CT molecular complexity index is 984. The third-order valence-corrected chi connectivity index (χ3v) is 6.08. The lowest BCUT2D eigenvalue weighted by Gasteiger charge is -2.50. The minimum Gasteiger partial charge on any atom is -0.497 e. The molecule has 26 heavy (non-hydrogen) atoms. The first-order valence-electron chi connectivity index (χ1n) is 8.97. The lowest BCUT2D eigenvalue weighted by molar-refractivity contribution is 0.0137. The van der Waals surface area contributed by atoms with Crippen LogP contribution in [0.1, 0.15) is 35.3 Å². The normalized spacial score (nSPS) is 24.3. The van der Waals surface area contributed by atoms with E-state index in [-0.39, 0.29) is 11.4 Å². The fourth-order valence-electron chi connectivity index (χ4n) is 4.67. The number of nitrogens with zero attached hydrogens (tertiary/aromatic N) is 4. The number of methoxy groups -OCH3 is 1. The summed E-state index contributed by atoms with van der Waals surface area (Å²) in [6.07, 6.45) is 10.4. The molecule has 6 heteroatoms. The van der Waals surface area contributed by atoms with Gasteiger partial charge in [-0.05, 0) is 42.9 Å². The topological polar surface area (TPSA) is 59.7 Å². The number of pyridine rings is 2. The van der Waals surface area contributed by atoms with Crippen molar-refractivity contribution in [3.05, 3.63) is 60.3 Å². The van der Waals surface area contributed by atoms with Gasteiger partial charge in [0.15, 0.2) is 0 Å². The number of fused-ring (bicyclic) bond motifs is 2. The summed E-state index contributed by atoms with van der Waals surface area (Å²) < 4.78 is 7.09. The maximum Gasteiger partial charge on any atom is 0.273 e. The monoisotopic (exact) mass is 348 g/mol. The van der Waals surface area contributed by atoms with Crippen molar-refractivity contribution in [3.8, 4) is 5.75 Å². The third kappa shape index (κ3) is 1.95. The van der Waals surface area contributed by atoms with Gasteiger partial charge in [0.25, 0.3) is 5.91 Å². The lowest BCUT2D eigenvalue weighted by Crippen LogP contribution is -2.53. The Kier molecular flexibility index (Phi) is 3.29. The average Bonchev–Trinajstić information content (AvgIpc) is 3.20. The molecule has 0 unspecified atom stereocenters. The largest absolute Gasteiger partial charge is 0.497 e. The number of hydrogen-bond acceptors (Lipinski definition) is 4. The third-order valence-electron chi connectivity index (χ3n) is 6.08. The maximum absolute atomic E-state index is 13.5. The first-order chi connectivity index (χ1) is 12.7. The molecule has 3 aromatic rings. The number of rotatable bonds is 3. The summed E-state index contributed by atoms with van der Waals surface area (Å²) in [6.45, 7) is 0.780. The van der Waals surface area contributed by atoms with E-state index >= 15 is 0 Å². The number of hydrogen-bond donors (Lipinski definition) is 0. The Balaban J connectivity index is 1.56. The molecule has 2 aliphatic rings. The summed E-state index contributed by atoms with van der Waals surface area (Å²) in [4.78, 5) is 24.2. The van der Waals surface area contributed by atoms with E-state index in [0.717, 1.165) is 30.7 Å². The Morgan fingerprint density at radius 1 is 1.31 bits per heavy atom. The van der Waals surface area contributed by atoms with Crippen LogP contribution >= 0.6 is 0 Å². The molecule has 4 heterocycles. The first-order valence-corrected chi connectivity index (χ1v) is 8.97. The summed E-state index contributed by atoms with van der Waals surface area (Å²) in [5.74, 6) is 1.29. The van der Waals surface area contributed by atoms with Crippen molar-refractivity contribution >= 4 is 11.6 Å². The molecule has 1 aliphatic carbocycles. The van der Waals surface area contributed by atoms with Gasteiger partial charge in [0, 0.05) is 31.2 Å². The van der Waals surface area contributed by atoms with E-state index < -0.39 is 0 Å². The van der Waals surface area contributed by atoms with Crippen LogP contribution in [0.5, 0.6) is 5.75 Å². The fraction of sp³-hybridized carbons (Fsp3) is 0.350. The van der Waals surface area contributed by atoms with Gasteiger partial charge in [0.1, 0.15) is 17.1 Å². The molecule has 1 saturated carbocycles. The molecule has 3 aromatic heterocycles. The molecule has 0 N–H and O–H groups in total. The quantitative estimate of drug-likeness (QED) is 0.730. The van der Waals surface area contributed by atoms with Gasteiger partial charge in [-0.25, -0.2) is 4.98 Å². The van der Waals surface area contributed by atoms with E-state index in [0.29, 0.717) is 17.3 Å². The molecular formula is C20H20N4O2. The number of amides is 1. The van der Waals surface area contributed by atoms with Crippen molar-refractivity contribution in [2.45, 2.75) is 24.8 Å². The first kappa shape index (κ1) is 15.4. The van der Waals surface area contributed by atoms with Crippen LogP contribution in [0.2, 0.25) is 0 Å². The van der Waals surface area contributed by atoms with Gasteiger partial charge in [-0.1, -0.05) is 6.07 Å². The van der Waals surface area contributed by atoms with Crippen LogP contribution in [0.25, 0.3) is 5.65 Å². The van der Waals surface area contributed by atoms with Gasteiger partial charge in [0.2, 0.25) is 0 Å². The Labute approximate surface area is 151 Å². The molecule has 0 radical (unpaired) electrons. The summed E-state index contributed by atoms with van der Waals surface area (Å²) in [6, 6.07) is 7.74. The van der Waals surface area contributed by atoms with Gasteiger partial charge < -0.3 is 9.64 Å². The Morgan fingerprint density at radius 2 is 2.23 bits per heavy atom. The highest BCUT2D eigenvalue weighted by molar-refractivity contribution is 5.94. The standard InChI is InChI=1S/C20H20N4O2/c1-26-16-6-9-23-17(13-22-18(23)11-16)19(25)24-10-5-14-4-7-20(14,24)15-3-2-8-21-12-15/h2-3,6,8-9,11-14H,4-5,7,10H2,1H3/t14-,20-/m0/s1. The number of imidazole rings is 1. The highest BCUT2D eigenvalue weighted by atomic mass is 16.5. The van der Waals surface area contributed by atoms with Crippen LogP contribution in [0.3, 0.4) is 0 Å². The van der Waals surface area contributed by atoms with Crippen molar-refractivity contribution in [1.29, 1.82) is 0 Å². The van der Waals surface area contributed by atoms with Gasteiger partial charge in [-0.15, -0.1) is 0 Å². The van der Waals surface area contributed by atoms with Crippen molar-refractivity contribution in [3.63, 3.8) is 0 Å². The summed E-state index contributed by atoms with van der Waals surface area (Å²) in [7, 11) is 1.62. The molecule has 1 aliphatic heterocycles. The Hall–Kier alpha value is -2.89. The molecule has 0 aromatic carbocycles. The predicted octanol–water partition coefficient (Wildman–Crippen LogP) is 2.89. The van der Waals surface area contributed by atoms with Crippen LogP contribution in [-0.2, 0) is 5.54 Å². The number of carbonyl (C=O) groups excluding carboxylic acids is 1. The second-order valence-corrected chi connectivity index (χ2v) is 7.09. The van der Waals surface area contributed by atoms with Gasteiger partial charge in [-0.2, -0.15) is 0 Å². The highest BCUT2D eigenvalue weighted by Crippen LogP contribution is 2.57. The minimum atomic E-state index is -0.206. The van der Waals surface area contributed by atoms with Crippen LogP contribution in [0.15, 0.2) is 49.1 Å². The van der Waals surface area contributed by atoms with Gasteiger partial charge >= 0.3 is 0 Å². The SMILES string of the molecule is COc1ccn2c(C(=O)N3CC[C@@H]4CC[C@@]43c3cccnc3)cnc2c1. The van der Waals surface area contributed by atoms with Crippen LogP contribution in [0, 0.1) is 5.92 Å². The van der Waals surface area contributed by atoms with E-state index in [2.05, 4.69) is 16.0 Å². The van der Waals surface area contributed by atoms with E-state index in [9.17, 15) is 4.79 Å². The minimum absolute atomic E-state index is 0.0359. The molecule has 1 saturated heterocycles. The summed E-state index contributed by atoms with van der Waals surface area (Å²) in [5, 5.41) is 0. The van der Waals surface area contributed by atoms with Crippen LogP contribution < -0.4 is 4.74 Å². The Morgan fingerprint density at radius 3 is 2.96 bits per heavy atom. The van der Waals surface area contributed by atoms with Crippen LogP contribution in [-0.4, -0.2) is 38.8 Å². The molecule has 2 atom stereocenters. The van der Waals surface area contributed by atoms with Crippen molar-refractivity contribution in [2.75, 3.05) is 13.7 Å². The number of carbonyl (C=O) groups is 1. The maximum atomic E-state index is 13.5. The molecule has 132 valence electrons. The second-order valence-electron chi connectivity index (χ2n) is 7.09. The van der Waals surface area contributed by atoms with Crippen LogP contribution in [0.4, 0.5) is 0 Å². The predicted molar refractivity (Wildman–Crippen MR) is 96.0 cm³/mol. The van der Waals surface area contributed by atoms with E-state index in [1.807, 2.05) is 39.9 Å².